The quantitative estimate of drug-likeness (QED) is 0.0261. The summed E-state index contributed by atoms with van der Waals surface area (Å²) in [7, 11) is 0. The van der Waals surface area contributed by atoms with Crippen LogP contribution in [0, 0.1) is 0 Å². The number of carbonyl (C=O) groups excluding carboxylic acids is 3. The summed E-state index contributed by atoms with van der Waals surface area (Å²) < 4.78 is 17.0. The van der Waals surface area contributed by atoms with Crippen LogP contribution in [0.3, 0.4) is 0 Å². The second kappa shape index (κ2) is 71.3. The van der Waals surface area contributed by atoms with E-state index in [-0.39, 0.29) is 31.1 Å². The van der Waals surface area contributed by atoms with E-state index in [0.717, 1.165) is 96.3 Å². The summed E-state index contributed by atoms with van der Waals surface area (Å²) in [5.41, 5.74) is 0. The van der Waals surface area contributed by atoms with E-state index in [4.69, 9.17) is 14.2 Å². The average Bonchev–Trinajstić information content (AvgIpc) is 3.48. The molecule has 0 aliphatic rings. The lowest BCUT2D eigenvalue weighted by atomic mass is 10.0. The van der Waals surface area contributed by atoms with Gasteiger partial charge in [-0.05, 0) is 70.6 Å². The number of rotatable bonds is 67. The normalized spacial score (nSPS) is 12.5. The van der Waals surface area contributed by atoms with Crippen molar-refractivity contribution < 1.29 is 28.6 Å². The molecule has 0 spiro atoms. The average molecular weight is 1160 g/mol. The van der Waals surface area contributed by atoms with Crippen molar-refractivity contribution in [2.45, 2.75) is 386 Å². The summed E-state index contributed by atoms with van der Waals surface area (Å²) in [5.74, 6) is -0.843. The fourth-order valence-corrected chi connectivity index (χ4v) is 10.8. The minimum atomic E-state index is -0.771. The molecule has 0 aromatic rings. The highest BCUT2D eigenvalue weighted by Crippen LogP contribution is 2.18. The molecule has 0 rings (SSSR count). The Labute approximate surface area is 516 Å². The fourth-order valence-electron chi connectivity index (χ4n) is 10.8. The third-order valence-electron chi connectivity index (χ3n) is 16.2. The number of allylic oxidation sites excluding steroid dienone is 12. The first-order valence-electron chi connectivity index (χ1n) is 36.4. The summed E-state index contributed by atoms with van der Waals surface area (Å²) in [6.07, 6.45) is 93.7. The van der Waals surface area contributed by atoms with Crippen molar-refractivity contribution in [1.82, 2.24) is 0 Å². The van der Waals surface area contributed by atoms with Crippen molar-refractivity contribution in [2.75, 3.05) is 13.2 Å². The summed E-state index contributed by atoms with van der Waals surface area (Å²) in [6.45, 7) is 6.58. The van der Waals surface area contributed by atoms with Crippen molar-refractivity contribution in [3.05, 3.63) is 72.9 Å². The smallest absolute Gasteiger partial charge is 0.306 e. The monoisotopic (exact) mass is 1160 g/mol. The minimum absolute atomic E-state index is 0.0679. The van der Waals surface area contributed by atoms with Gasteiger partial charge in [-0.25, -0.2) is 0 Å². The molecule has 0 saturated carbocycles. The van der Waals surface area contributed by atoms with Gasteiger partial charge in [0.1, 0.15) is 13.2 Å². The molecule has 0 aliphatic heterocycles. The molecule has 0 heterocycles. The van der Waals surface area contributed by atoms with Gasteiger partial charge in [-0.3, -0.25) is 14.4 Å². The van der Waals surface area contributed by atoms with Crippen LogP contribution in [0.4, 0.5) is 0 Å². The Bertz CT molecular complexity index is 1520. The van der Waals surface area contributed by atoms with Gasteiger partial charge in [0.2, 0.25) is 0 Å². The van der Waals surface area contributed by atoms with Crippen molar-refractivity contribution >= 4 is 17.9 Å². The highest BCUT2D eigenvalue weighted by molar-refractivity contribution is 5.71. The van der Waals surface area contributed by atoms with Crippen LogP contribution in [0.25, 0.3) is 0 Å². The van der Waals surface area contributed by atoms with Crippen LogP contribution in [-0.2, 0) is 28.6 Å². The van der Waals surface area contributed by atoms with Crippen LogP contribution in [-0.4, -0.2) is 37.2 Å². The number of carbonyl (C=O) groups is 3. The molecule has 1 atom stereocenters. The zero-order valence-electron chi connectivity index (χ0n) is 55.5. The van der Waals surface area contributed by atoms with E-state index < -0.39 is 6.10 Å². The SMILES string of the molecule is CC/C=C\C/C=C\C/C=C\C/C=C\C/C=C\C/C=C\CCCCCCCCCCCCCCCCC(=O)OCC(COC(=O)CCCCCCCCCCCCC)OC(=O)CCCCCCCCCCCCCCCCCCCCCCC. The highest BCUT2D eigenvalue weighted by atomic mass is 16.6. The molecular formula is C77H138O6. The molecule has 83 heavy (non-hydrogen) atoms. The number of esters is 3. The zero-order chi connectivity index (χ0) is 59.9. The van der Waals surface area contributed by atoms with E-state index in [9.17, 15) is 14.4 Å². The lowest BCUT2D eigenvalue weighted by Crippen LogP contribution is -2.30. The van der Waals surface area contributed by atoms with Crippen molar-refractivity contribution in [3.8, 4) is 0 Å². The lowest BCUT2D eigenvalue weighted by Gasteiger charge is -2.18. The molecule has 1 unspecified atom stereocenters. The third-order valence-corrected chi connectivity index (χ3v) is 16.2. The van der Waals surface area contributed by atoms with E-state index >= 15 is 0 Å². The first kappa shape index (κ1) is 79.8. The van der Waals surface area contributed by atoms with E-state index in [1.807, 2.05) is 0 Å². The zero-order valence-corrected chi connectivity index (χ0v) is 55.5. The minimum Gasteiger partial charge on any atom is -0.462 e. The van der Waals surface area contributed by atoms with Gasteiger partial charge >= 0.3 is 17.9 Å². The van der Waals surface area contributed by atoms with E-state index in [1.54, 1.807) is 0 Å². The molecule has 0 saturated heterocycles. The predicted molar refractivity (Wildman–Crippen MR) is 362 cm³/mol. The maximum absolute atomic E-state index is 12.9. The van der Waals surface area contributed by atoms with Crippen LogP contribution in [0.2, 0.25) is 0 Å². The molecule has 6 nitrogen and oxygen atoms in total. The fraction of sp³-hybridized carbons (Fsp3) is 0.805. The number of ether oxygens (including phenoxy) is 3. The molecular weight excluding hydrogens is 1020 g/mol. The van der Waals surface area contributed by atoms with Crippen LogP contribution >= 0.6 is 0 Å². The molecule has 0 aromatic carbocycles. The molecule has 0 aliphatic carbocycles. The standard InChI is InChI=1S/C77H138O6/c1-4-7-10-13-16-19-22-24-26-28-30-32-33-34-35-36-37-38-39-40-41-42-43-45-46-48-50-52-55-58-61-64-67-70-76(79)82-73-74(72-81-75(78)69-66-63-60-57-54-21-18-15-12-9-6-3)83-77(80)71-68-65-62-59-56-53-51-49-47-44-31-29-27-25-23-20-17-14-11-8-5-2/h7,10,16,19,24,26,30,32,34-35,37-38,74H,4-6,8-9,11-15,17-18,20-23,25,27-29,31,33,36,39-73H2,1-3H3/b10-7-,19-16-,26-24-,32-30-,35-34-,38-37-. The summed E-state index contributed by atoms with van der Waals surface area (Å²) in [4.78, 5) is 38.4. The van der Waals surface area contributed by atoms with Crippen LogP contribution in [0.5, 0.6) is 0 Å². The number of hydrogen-bond acceptors (Lipinski definition) is 6. The van der Waals surface area contributed by atoms with E-state index in [2.05, 4.69) is 93.7 Å². The van der Waals surface area contributed by atoms with Crippen LogP contribution < -0.4 is 0 Å². The number of hydrogen-bond donors (Lipinski definition) is 0. The molecule has 0 aromatic heterocycles. The van der Waals surface area contributed by atoms with Gasteiger partial charge in [-0.1, -0.05) is 363 Å². The lowest BCUT2D eigenvalue weighted by molar-refractivity contribution is -0.167. The molecule has 0 fully saturated rings. The highest BCUT2D eigenvalue weighted by Gasteiger charge is 2.19. The van der Waals surface area contributed by atoms with Crippen molar-refractivity contribution in [1.29, 1.82) is 0 Å². The maximum atomic E-state index is 12.9. The first-order valence-corrected chi connectivity index (χ1v) is 36.4. The Morgan fingerprint density at radius 2 is 0.470 bits per heavy atom. The van der Waals surface area contributed by atoms with Gasteiger partial charge < -0.3 is 14.2 Å². The van der Waals surface area contributed by atoms with Gasteiger partial charge in [-0.15, -0.1) is 0 Å². The molecule has 6 heteroatoms. The van der Waals surface area contributed by atoms with Gasteiger partial charge in [-0.2, -0.15) is 0 Å². The van der Waals surface area contributed by atoms with Crippen LogP contribution in [0.15, 0.2) is 72.9 Å². The summed E-state index contributed by atoms with van der Waals surface area (Å²) in [5, 5.41) is 0. The Balaban J connectivity index is 4.14. The molecule has 0 bridgehead atoms. The first-order chi connectivity index (χ1) is 41.0. The van der Waals surface area contributed by atoms with Gasteiger partial charge in [0, 0.05) is 19.3 Å². The number of unbranched alkanes of at least 4 members (excludes halogenated alkanes) is 44. The van der Waals surface area contributed by atoms with Gasteiger partial charge in [0.05, 0.1) is 0 Å². The molecule has 0 N–H and O–H groups in total. The Morgan fingerprint density at radius 3 is 0.735 bits per heavy atom. The largest absolute Gasteiger partial charge is 0.462 e. The van der Waals surface area contributed by atoms with E-state index in [1.165, 1.54) is 244 Å². The molecule has 0 radical (unpaired) electrons. The Morgan fingerprint density at radius 1 is 0.253 bits per heavy atom. The summed E-state index contributed by atoms with van der Waals surface area (Å²) >= 11 is 0. The van der Waals surface area contributed by atoms with Crippen LogP contribution in [0.1, 0.15) is 380 Å². The van der Waals surface area contributed by atoms with Gasteiger partial charge in [0.15, 0.2) is 6.10 Å². The van der Waals surface area contributed by atoms with E-state index in [0.29, 0.717) is 19.3 Å². The summed E-state index contributed by atoms with van der Waals surface area (Å²) in [6, 6.07) is 0. The van der Waals surface area contributed by atoms with Gasteiger partial charge in [0.25, 0.3) is 0 Å². The second-order valence-corrected chi connectivity index (χ2v) is 24.5. The second-order valence-electron chi connectivity index (χ2n) is 24.5. The van der Waals surface area contributed by atoms with Crippen molar-refractivity contribution in [3.63, 3.8) is 0 Å². The van der Waals surface area contributed by atoms with Crippen molar-refractivity contribution in [2.24, 2.45) is 0 Å². The molecule has 482 valence electrons. The maximum Gasteiger partial charge on any atom is 0.306 e. The molecule has 0 amide bonds. The Hall–Kier alpha value is -3.15. The third kappa shape index (κ3) is 69.5. The Kier molecular flexibility index (Phi) is 68.6. The topological polar surface area (TPSA) is 78.9 Å². The predicted octanol–water partition coefficient (Wildman–Crippen LogP) is 25.2.